The monoisotopic (exact) mass is 361 g/mol. The molecule has 0 aliphatic carbocycles. The molecule has 0 unspecified atom stereocenters. The molecule has 0 fully saturated rings. The average molecular weight is 362 g/mol. The van der Waals surface area contributed by atoms with Gasteiger partial charge in [-0.05, 0) is 35.4 Å². The number of ether oxygens (including phenoxy) is 1. The van der Waals surface area contributed by atoms with Gasteiger partial charge in [-0.25, -0.2) is 4.79 Å². The van der Waals surface area contributed by atoms with Crippen LogP contribution >= 0.6 is 15.9 Å². The minimum atomic E-state index is -0.478. The number of carbonyl (C=O) groups is 1. The highest BCUT2D eigenvalue weighted by atomic mass is 79.9. The van der Waals surface area contributed by atoms with Crippen molar-refractivity contribution in [2.75, 3.05) is 0 Å². The van der Waals surface area contributed by atoms with Crippen LogP contribution in [0.5, 0.6) is 0 Å². The van der Waals surface area contributed by atoms with Gasteiger partial charge in [-0.15, -0.1) is 0 Å². The van der Waals surface area contributed by atoms with E-state index in [9.17, 15) is 14.9 Å². The van der Waals surface area contributed by atoms with Crippen LogP contribution in [0.2, 0.25) is 0 Å². The second kappa shape index (κ2) is 7.51. The van der Waals surface area contributed by atoms with Crippen LogP contribution in [0, 0.1) is 10.1 Å². The third kappa shape index (κ3) is 4.53. The highest BCUT2D eigenvalue weighted by Crippen LogP contribution is 2.17. The smallest absolute Gasteiger partial charge is 0.331 e. The number of nitro groups is 1. The molecule has 0 N–H and O–H groups in total. The Bertz CT molecular complexity index is 710. The molecule has 2 aromatic carbocycles. The third-order valence-corrected chi connectivity index (χ3v) is 3.55. The van der Waals surface area contributed by atoms with Crippen molar-refractivity contribution in [3.8, 4) is 0 Å². The van der Waals surface area contributed by atoms with E-state index in [1.165, 1.54) is 18.2 Å². The summed E-state index contributed by atoms with van der Waals surface area (Å²) in [6, 6.07) is 13.4. The number of hydrogen-bond donors (Lipinski definition) is 0. The van der Waals surface area contributed by atoms with E-state index >= 15 is 0 Å². The maximum atomic E-state index is 11.6. The zero-order valence-corrected chi connectivity index (χ0v) is 13.0. The summed E-state index contributed by atoms with van der Waals surface area (Å²) in [5, 5.41) is 10.5. The normalized spacial score (nSPS) is 10.6. The zero-order valence-electron chi connectivity index (χ0n) is 11.4. The molecular weight excluding hydrogens is 350 g/mol. The van der Waals surface area contributed by atoms with Crippen molar-refractivity contribution < 1.29 is 14.5 Å². The molecule has 0 atom stereocenters. The summed E-state index contributed by atoms with van der Waals surface area (Å²) in [5.41, 5.74) is 1.56. The minimum absolute atomic E-state index is 0.00361. The maximum Gasteiger partial charge on any atom is 0.331 e. The first-order chi connectivity index (χ1) is 10.6. The van der Waals surface area contributed by atoms with Gasteiger partial charge in [0, 0.05) is 22.7 Å². The number of nitrogens with zero attached hydrogens (tertiary/aromatic N) is 1. The van der Waals surface area contributed by atoms with E-state index in [1.807, 2.05) is 24.3 Å². The summed E-state index contributed by atoms with van der Waals surface area (Å²) in [7, 11) is 0. The summed E-state index contributed by atoms with van der Waals surface area (Å²) < 4.78 is 5.96. The van der Waals surface area contributed by atoms with Crippen molar-refractivity contribution in [1.82, 2.24) is 0 Å². The fraction of sp³-hybridized carbons (Fsp3) is 0.0625. The Labute approximate surface area is 135 Å². The molecule has 2 aromatic rings. The van der Waals surface area contributed by atoms with E-state index in [1.54, 1.807) is 18.2 Å². The molecule has 0 amide bonds. The summed E-state index contributed by atoms with van der Waals surface area (Å²) in [4.78, 5) is 21.7. The number of hydrogen-bond acceptors (Lipinski definition) is 4. The number of non-ortho nitro benzene ring substituents is 1. The highest BCUT2D eigenvalue weighted by molar-refractivity contribution is 9.10. The summed E-state index contributed by atoms with van der Waals surface area (Å²) in [5.74, 6) is -0.478. The van der Waals surface area contributed by atoms with Crippen molar-refractivity contribution >= 4 is 33.7 Å². The second-order valence-corrected chi connectivity index (χ2v) is 5.24. The van der Waals surface area contributed by atoms with Crippen molar-refractivity contribution in [2.45, 2.75) is 6.61 Å². The third-order valence-electron chi connectivity index (χ3n) is 2.83. The Balaban J connectivity index is 1.90. The zero-order chi connectivity index (χ0) is 15.9. The lowest BCUT2D eigenvalue weighted by Crippen LogP contribution is -2.00. The fourth-order valence-electron chi connectivity index (χ4n) is 1.68. The molecule has 0 spiro atoms. The van der Waals surface area contributed by atoms with Gasteiger partial charge in [0.1, 0.15) is 6.61 Å². The molecule has 0 bridgehead atoms. The summed E-state index contributed by atoms with van der Waals surface area (Å²) >= 11 is 3.38. The van der Waals surface area contributed by atoms with Crippen LogP contribution in [0.4, 0.5) is 5.69 Å². The predicted molar refractivity (Wildman–Crippen MR) is 86.1 cm³/mol. The van der Waals surface area contributed by atoms with Gasteiger partial charge in [-0.1, -0.05) is 34.1 Å². The minimum Gasteiger partial charge on any atom is -0.458 e. The van der Waals surface area contributed by atoms with E-state index in [2.05, 4.69) is 15.9 Å². The van der Waals surface area contributed by atoms with E-state index in [0.717, 1.165) is 10.0 Å². The largest absolute Gasteiger partial charge is 0.458 e. The quantitative estimate of drug-likeness (QED) is 0.347. The van der Waals surface area contributed by atoms with Crippen LogP contribution < -0.4 is 0 Å². The number of esters is 1. The molecular formula is C16H12BrNO4. The number of nitro benzene ring substituents is 1. The molecule has 2 rings (SSSR count). The van der Waals surface area contributed by atoms with Crippen LogP contribution in [0.1, 0.15) is 11.1 Å². The van der Waals surface area contributed by atoms with Gasteiger partial charge < -0.3 is 4.74 Å². The lowest BCUT2D eigenvalue weighted by molar-refractivity contribution is -0.384. The molecule has 0 heterocycles. The number of benzene rings is 2. The average Bonchev–Trinajstić information content (AvgIpc) is 2.52. The van der Waals surface area contributed by atoms with Crippen LogP contribution in [0.25, 0.3) is 6.08 Å². The van der Waals surface area contributed by atoms with Gasteiger partial charge in [0.15, 0.2) is 0 Å². The van der Waals surface area contributed by atoms with Crippen LogP contribution in [0.3, 0.4) is 0 Å². The lowest BCUT2D eigenvalue weighted by atomic mass is 10.2. The molecule has 0 saturated carbocycles. The Morgan fingerprint density at radius 1 is 1.18 bits per heavy atom. The highest BCUT2D eigenvalue weighted by Gasteiger charge is 2.05. The fourth-order valence-corrected chi connectivity index (χ4v) is 2.10. The second-order valence-electron chi connectivity index (χ2n) is 4.39. The van der Waals surface area contributed by atoms with Gasteiger partial charge in [-0.2, -0.15) is 0 Å². The first kappa shape index (κ1) is 15.9. The van der Waals surface area contributed by atoms with Gasteiger partial charge in [0.05, 0.1) is 4.92 Å². The molecule has 0 aliphatic rings. The summed E-state index contributed by atoms with van der Waals surface area (Å²) in [6.07, 6.45) is 2.99. The Kier molecular flexibility index (Phi) is 5.43. The van der Waals surface area contributed by atoms with Crippen molar-refractivity contribution in [3.05, 3.63) is 80.3 Å². The molecule has 0 radical (unpaired) electrons. The van der Waals surface area contributed by atoms with E-state index in [4.69, 9.17) is 4.74 Å². The van der Waals surface area contributed by atoms with Crippen molar-refractivity contribution in [3.63, 3.8) is 0 Å². The Morgan fingerprint density at radius 3 is 2.50 bits per heavy atom. The molecule has 5 nitrogen and oxygen atoms in total. The van der Waals surface area contributed by atoms with Crippen LogP contribution in [0.15, 0.2) is 59.1 Å². The topological polar surface area (TPSA) is 69.4 Å². The van der Waals surface area contributed by atoms with E-state index in [0.29, 0.717) is 5.56 Å². The lowest BCUT2D eigenvalue weighted by Gasteiger charge is -2.02. The van der Waals surface area contributed by atoms with Gasteiger partial charge in [0.25, 0.3) is 5.69 Å². The first-order valence-corrected chi connectivity index (χ1v) is 7.18. The SMILES string of the molecule is O=C(/C=C/c1ccccc1Br)OCc1ccc([N+](=O)[O-])cc1. The molecule has 22 heavy (non-hydrogen) atoms. The van der Waals surface area contributed by atoms with Crippen LogP contribution in [-0.2, 0) is 16.1 Å². The Hall–Kier alpha value is -2.47. The Morgan fingerprint density at radius 2 is 1.86 bits per heavy atom. The number of rotatable bonds is 5. The summed E-state index contributed by atoms with van der Waals surface area (Å²) in [6.45, 7) is 0.0666. The predicted octanol–water partition coefficient (Wildman–Crippen LogP) is 4.11. The van der Waals surface area contributed by atoms with E-state index in [-0.39, 0.29) is 12.3 Å². The molecule has 112 valence electrons. The van der Waals surface area contributed by atoms with Crippen molar-refractivity contribution in [1.29, 1.82) is 0 Å². The maximum absolute atomic E-state index is 11.6. The van der Waals surface area contributed by atoms with Gasteiger partial charge >= 0.3 is 5.97 Å². The van der Waals surface area contributed by atoms with Gasteiger partial charge in [0.2, 0.25) is 0 Å². The molecule has 6 heteroatoms. The first-order valence-electron chi connectivity index (χ1n) is 6.39. The van der Waals surface area contributed by atoms with Crippen molar-refractivity contribution in [2.24, 2.45) is 0 Å². The molecule has 0 aliphatic heterocycles. The van der Waals surface area contributed by atoms with Crippen LogP contribution in [-0.4, -0.2) is 10.9 Å². The van der Waals surface area contributed by atoms with E-state index < -0.39 is 10.9 Å². The number of carbonyl (C=O) groups excluding carboxylic acids is 1. The molecule has 0 saturated heterocycles. The standard InChI is InChI=1S/C16H12BrNO4/c17-15-4-2-1-3-13(15)7-10-16(19)22-11-12-5-8-14(9-6-12)18(20)21/h1-10H,11H2/b10-7+. The number of halogens is 1. The molecule has 0 aromatic heterocycles. The van der Waals surface area contributed by atoms with Gasteiger partial charge in [-0.3, -0.25) is 10.1 Å².